The highest BCUT2D eigenvalue weighted by molar-refractivity contribution is 5.55. The van der Waals surface area contributed by atoms with Crippen LogP contribution in [-0.4, -0.2) is 10.9 Å². The fourth-order valence-electron chi connectivity index (χ4n) is 2.22. The van der Waals surface area contributed by atoms with Crippen LogP contribution in [0.2, 0.25) is 0 Å². The molecule has 1 aromatic heterocycles. The summed E-state index contributed by atoms with van der Waals surface area (Å²) in [7, 11) is 0. The lowest BCUT2D eigenvalue weighted by molar-refractivity contribution is -0.108. The van der Waals surface area contributed by atoms with E-state index < -0.39 is 0 Å². The van der Waals surface area contributed by atoms with Crippen molar-refractivity contribution < 1.29 is 4.79 Å². The normalized spacial score (nSPS) is 21.0. The molecule has 0 aliphatic heterocycles. The molecular formula is C16H17NO2. The molecule has 0 spiro atoms. The summed E-state index contributed by atoms with van der Waals surface area (Å²) in [5.74, 6) is 0. The minimum Gasteiger partial charge on any atom is -0.301 e. The second kappa shape index (κ2) is 6.14. The molecule has 0 radical (unpaired) electrons. The zero-order valence-electron chi connectivity index (χ0n) is 11.0. The van der Waals surface area contributed by atoms with Crippen molar-refractivity contribution in [2.45, 2.75) is 26.3 Å². The Kier molecular flexibility index (Phi) is 4.29. The topological polar surface area (TPSA) is 39.1 Å². The van der Waals surface area contributed by atoms with Crippen molar-refractivity contribution in [1.29, 1.82) is 0 Å². The molecule has 1 aromatic rings. The summed E-state index contributed by atoms with van der Waals surface area (Å²) in [5, 5.41) is 1.82. The Morgan fingerprint density at radius 1 is 1.26 bits per heavy atom. The quantitative estimate of drug-likeness (QED) is 0.753. The zero-order chi connectivity index (χ0) is 13.7. The lowest BCUT2D eigenvalue weighted by atomic mass is 10.1. The van der Waals surface area contributed by atoms with Gasteiger partial charge < -0.3 is 9.36 Å². The molecule has 98 valence electrons. The van der Waals surface area contributed by atoms with E-state index in [0.29, 0.717) is 0 Å². The molecule has 0 fully saturated rings. The van der Waals surface area contributed by atoms with Crippen LogP contribution in [0.1, 0.15) is 19.8 Å². The van der Waals surface area contributed by atoms with Crippen LogP contribution in [0, 0.1) is 0 Å². The SMILES string of the molecule is C/C=C/C1=C/CC/C=c2\ccc(=O)n(CC=O)\c2=C\1. The molecule has 3 nitrogen and oxygen atoms in total. The Labute approximate surface area is 111 Å². The van der Waals surface area contributed by atoms with Crippen LogP contribution in [0.3, 0.4) is 0 Å². The molecule has 0 saturated heterocycles. The first-order valence-corrected chi connectivity index (χ1v) is 6.44. The molecule has 2 rings (SSSR count). The van der Waals surface area contributed by atoms with Gasteiger partial charge in [-0.15, -0.1) is 0 Å². The van der Waals surface area contributed by atoms with Crippen molar-refractivity contribution in [3.05, 3.63) is 56.9 Å². The molecule has 1 heterocycles. The third-order valence-corrected chi connectivity index (χ3v) is 3.09. The first kappa shape index (κ1) is 13.3. The highest BCUT2D eigenvalue weighted by atomic mass is 16.1. The summed E-state index contributed by atoms with van der Waals surface area (Å²) >= 11 is 0. The van der Waals surface area contributed by atoms with Gasteiger partial charge in [-0.2, -0.15) is 0 Å². The van der Waals surface area contributed by atoms with Crippen molar-refractivity contribution in [2.75, 3.05) is 0 Å². The summed E-state index contributed by atoms with van der Waals surface area (Å²) in [6.07, 6.45) is 12.9. The van der Waals surface area contributed by atoms with E-state index in [1.807, 2.05) is 31.2 Å². The van der Waals surface area contributed by atoms with E-state index in [9.17, 15) is 9.59 Å². The smallest absolute Gasteiger partial charge is 0.251 e. The predicted molar refractivity (Wildman–Crippen MR) is 77.1 cm³/mol. The minimum atomic E-state index is -0.143. The molecule has 0 bridgehead atoms. The Morgan fingerprint density at radius 3 is 2.79 bits per heavy atom. The average Bonchev–Trinajstić information content (AvgIpc) is 2.37. The molecule has 0 saturated carbocycles. The van der Waals surface area contributed by atoms with Gasteiger partial charge in [0.05, 0.1) is 11.9 Å². The Morgan fingerprint density at radius 2 is 2.05 bits per heavy atom. The lowest BCUT2D eigenvalue weighted by Gasteiger charge is -2.06. The number of pyridine rings is 1. The first-order valence-electron chi connectivity index (χ1n) is 6.44. The molecule has 0 N–H and O–H groups in total. The van der Waals surface area contributed by atoms with Gasteiger partial charge >= 0.3 is 0 Å². The molecule has 19 heavy (non-hydrogen) atoms. The van der Waals surface area contributed by atoms with Crippen LogP contribution in [-0.2, 0) is 11.3 Å². The average molecular weight is 255 g/mol. The summed E-state index contributed by atoms with van der Waals surface area (Å²) in [5.41, 5.74) is 0.929. The largest absolute Gasteiger partial charge is 0.301 e. The van der Waals surface area contributed by atoms with Crippen molar-refractivity contribution in [1.82, 2.24) is 4.57 Å². The maximum absolute atomic E-state index is 11.9. The standard InChI is InChI=1S/C16H17NO2/c1-2-5-13-6-3-4-7-14-8-9-16(19)17(10-11-18)15(14)12-13/h2,5-9,11-12H,3-4,10H2,1H3/b5-2+,13-6-,14-7+,15-12+. The molecule has 1 aliphatic rings. The van der Waals surface area contributed by atoms with Gasteiger partial charge in [0.1, 0.15) is 6.29 Å². The van der Waals surface area contributed by atoms with Gasteiger partial charge in [-0.05, 0) is 42.7 Å². The van der Waals surface area contributed by atoms with Gasteiger partial charge in [0.2, 0.25) is 0 Å². The van der Waals surface area contributed by atoms with Crippen LogP contribution in [0.5, 0.6) is 0 Å². The fourth-order valence-corrected chi connectivity index (χ4v) is 2.22. The Bertz CT molecular complexity index is 705. The van der Waals surface area contributed by atoms with Crippen LogP contribution in [0.15, 0.2) is 40.7 Å². The lowest BCUT2D eigenvalue weighted by Crippen LogP contribution is -2.43. The van der Waals surface area contributed by atoms with Gasteiger partial charge in [-0.1, -0.05) is 24.3 Å². The number of fused-ring (bicyclic) bond motifs is 1. The monoisotopic (exact) mass is 255 g/mol. The second-order valence-electron chi connectivity index (χ2n) is 4.42. The van der Waals surface area contributed by atoms with E-state index in [1.54, 1.807) is 0 Å². The first-order chi connectivity index (χ1) is 9.26. The molecular weight excluding hydrogens is 238 g/mol. The van der Waals surface area contributed by atoms with E-state index in [0.717, 1.165) is 35.3 Å². The number of rotatable bonds is 3. The number of carbonyl (C=O) groups is 1. The van der Waals surface area contributed by atoms with Gasteiger partial charge in [-0.25, -0.2) is 0 Å². The Balaban J connectivity index is 2.79. The summed E-state index contributed by atoms with van der Waals surface area (Å²) in [6.45, 7) is 2.06. The van der Waals surface area contributed by atoms with E-state index in [-0.39, 0.29) is 12.1 Å². The molecule has 0 amide bonds. The van der Waals surface area contributed by atoms with Crippen molar-refractivity contribution in [3.8, 4) is 0 Å². The third kappa shape index (κ3) is 2.99. The van der Waals surface area contributed by atoms with E-state index in [2.05, 4.69) is 12.2 Å². The highest BCUT2D eigenvalue weighted by Gasteiger charge is 2.01. The summed E-state index contributed by atoms with van der Waals surface area (Å²) in [4.78, 5) is 22.6. The van der Waals surface area contributed by atoms with Crippen LogP contribution < -0.4 is 16.1 Å². The van der Waals surface area contributed by atoms with Gasteiger partial charge in [0, 0.05) is 6.07 Å². The molecule has 0 unspecified atom stereocenters. The number of hydrogen-bond donors (Lipinski definition) is 0. The molecule has 3 heteroatoms. The second-order valence-corrected chi connectivity index (χ2v) is 4.42. The maximum Gasteiger partial charge on any atom is 0.251 e. The van der Waals surface area contributed by atoms with Crippen molar-refractivity contribution in [2.24, 2.45) is 0 Å². The number of allylic oxidation sites excluding steroid dienone is 4. The third-order valence-electron chi connectivity index (χ3n) is 3.09. The van der Waals surface area contributed by atoms with Crippen LogP contribution in [0.4, 0.5) is 0 Å². The zero-order valence-corrected chi connectivity index (χ0v) is 11.0. The van der Waals surface area contributed by atoms with Crippen LogP contribution >= 0.6 is 0 Å². The number of aromatic nitrogens is 1. The van der Waals surface area contributed by atoms with Crippen molar-refractivity contribution in [3.63, 3.8) is 0 Å². The molecule has 0 atom stereocenters. The predicted octanol–water partition coefficient (Wildman–Crippen LogP) is 0.905. The number of aldehydes is 1. The summed E-state index contributed by atoms with van der Waals surface area (Å²) < 4.78 is 1.52. The number of carbonyl (C=O) groups excluding carboxylic acids is 1. The van der Waals surface area contributed by atoms with Gasteiger partial charge in [-0.3, -0.25) is 4.79 Å². The summed E-state index contributed by atoms with van der Waals surface area (Å²) in [6, 6.07) is 3.35. The Hall–Kier alpha value is -2.16. The van der Waals surface area contributed by atoms with E-state index >= 15 is 0 Å². The molecule has 0 aromatic carbocycles. The van der Waals surface area contributed by atoms with Crippen molar-refractivity contribution >= 4 is 18.4 Å². The van der Waals surface area contributed by atoms with E-state index in [4.69, 9.17) is 0 Å². The number of nitrogens with zero attached hydrogens (tertiary/aromatic N) is 1. The van der Waals surface area contributed by atoms with Crippen LogP contribution in [0.25, 0.3) is 12.2 Å². The fraction of sp³-hybridized carbons (Fsp3) is 0.250. The maximum atomic E-state index is 11.9. The van der Waals surface area contributed by atoms with Gasteiger partial charge in [0.15, 0.2) is 0 Å². The highest BCUT2D eigenvalue weighted by Crippen LogP contribution is 2.04. The number of hydrogen-bond acceptors (Lipinski definition) is 2. The molecule has 1 aliphatic carbocycles. The minimum absolute atomic E-state index is 0.0927. The van der Waals surface area contributed by atoms with Gasteiger partial charge in [0.25, 0.3) is 5.56 Å². The van der Waals surface area contributed by atoms with E-state index in [1.165, 1.54) is 10.6 Å².